The summed E-state index contributed by atoms with van der Waals surface area (Å²) in [7, 11) is 2.85. The zero-order valence-electron chi connectivity index (χ0n) is 9.27. The van der Waals surface area contributed by atoms with Crippen LogP contribution in [0, 0.1) is 0 Å². The molecule has 1 aromatic rings. The summed E-state index contributed by atoms with van der Waals surface area (Å²) in [5.41, 5.74) is 1.23. The zero-order chi connectivity index (χ0) is 12.0. The first-order valence-corrected chi connectivity index (χ1v) is 4.76. The lowest BCUT2D eigenvalue weighted by Gasteiger charge is -2.06. The minimum atomic E-state index is -0.406. The van der Waals surface area contributed by atoms with E-state index in [1.54, 1.807) is 30.4 Å². The number of ether oxygens (including phenoxy) is 2. The molecule has 1 N–H and O–H groups in total. The molecular formula is C12H14O4. The summed E-state index contributed by atoms with van der Waals surface area (Å²) >= 11 is 0. The summed E-state index contributed by atoms with van der Waals surface area (Å²) in [5.74, 6) is 0.156. The van der Waals surface area contributed by atoms with E-state index in [4.69, 9.17) is 9.84 Å². The first-order valence-electron chi connectivity index (χ1n) is 4.76. The van der Waals surface area contributed by atoms with Gasteiger partial charge < -0.3 is 14.6 Å². The van der Waals surface area contributed by atoms with Crippen molar-refractivity contribution in [3.63, 3.8) is 0 Å². The number of carbonyl (C=O) groups is 1. The molecule has 0 aromatic heterocycles. The number of aliphatic hydroxyl groups is 1. The van der Waals surface area contributed by atoms with Crippen molar-refractivity contribution in [1.29, 1.82) is 0 Å². The van der Waals surface area contributed by atoms with E-state index in [0.717, 1.165) is 5.56 Å². The number of esters is 1. The Balaban J connectivity index is 3.06. The first-order chi connectivity index (χ1) is 7.72. The van der Waals surface area contributed by atoms with E-state index in [0.29, 0.717) is 11.3 Å². The van der Waals surface area contributed by atoms with Gasteiger partial charge in [0.1, 0.15) is 5.75 Å². The number of methoxy groups -OCH3 is 2. The van der Waals surface area contributed by atoms with E-state index in [-0.39, 0.29) is 6.61 Å². The molecule has 0 radical (unpaired) electrons. The Hall–Kier alpha value is -1.81. The molecule has 0 atom stereocenters. The van der Waals surface area contributed by atoms with Crippen LogP contribution in [-0.4, -0.2) is 31.9 Å². The van der Waals surface area contributed by atoms with Gasteiger partial charge in [0.15, 0.2) is 0 Å². The molecule has 1 aromatic carbocycles. The summed E-state index contributed by atoms with van der Waals surface area (Å²) < 4.78 is 9.74. The number of hydrogen-bond acceptors (Lipinski definition) is 4. The van der Waals surface area contributed by atoms with Crippen LogP contribution in [0.25, 0.3) is 6.08 Å². The predicted octanol–water partition coefficient (Wildman–Crippen LogP) is 1.49. The lowest BCUT2D eigenvalue weighted by atomic mass is 10.1. The number of benzene rings is 1. The van der Waals surface area contributed by atoms with Gasteiger partial charge >= 0.3 is 5.97 Å². The lowest BCUT2D eigenvalue weighted by molar-refractivity contribution is 0.0600. The smallest absolute Gasteiger partial charge is 0.337 e. The number of hydrogen-bond donors (Lipinski definition) is 1. The Morgan fingerprint density at radius 2 is 2.19 bits per heavy atom. The second-order valence-corrected chi connectivity index (χ2v) is 3.03. The average molecular weight is 222 g/mol. The van der Waals surface area contributed by atoms with Crippen LogP contribution in [0.3, 0.4) is 0 Å². The fourth-order valence-electron chi connectivity index (χ4n) is 1.27. The molecule has 0 aliphatic heterocycles. The second-order valence-electron chi connectivity index (χ2n) is 3.03. The largest absolute Gasteiger partial charge is 0.496 e. The molecule has 0 unspecified atom stereocenters. The molecule has 0 spiro atoms. The fourth-order valence-corrected chi connectivity index (χ4v) is 1.27. The highest BCUT2D eigenvalue weighted by Gasteiger charge is 2.08. The van der Waals surface area contributed by atoms with Gasteiger partial charge in [0, 0.05) is 5.56 Å². The number of rotatable bonds is 4. The van der Waals surface area contributed by atoms with E-state index in [1.807, 2.05) is 0 Å². The molecule has 4 nitrogen and oxygen atoms in total. The molecule has 86 valence electrons. The Bertz CT molecular complexity index is 396. The van der Waals surface area contributed by atoms with Crippen LogP contribution in [0.5, 0.6) is 5.75 Å². The molecule has 0 aliphatic carbocycles. The Kier molecular flexibility index (Phi) is 4.54. The van der Waals surface area contributed by atoms with E-state index in [1.165, 1.54) is 14.2 Å². The Morgan fingerprint density at radius 1 is 1.44 bits per heavy atom. The molecule has 4 heteroatoms. The van der Waals surface area contributed by atoms with Crippen molar-refractivity contribution < 1.29 is 19.4 Å². The third-order valence-electron chi connectivity index (χ3n) is 2.06. The average Bonchev–Trinajstić information content (AvgIpc) is 2.35. The van der Waals surface area contributed by atoms with Gasteiger partial charge in [-0.15, -0.1) is 0 Å². The summed E-state index contributed by atoms with van der Waals surface area (Å²) in [6, 6.07) is 4.98. The molecule has 16 heavy (non-hydrogen) atoms. The highest BCUT2D eigenvalue weighted by molar-refractivity contribution is 5.90. The molecular weight excluding hydrogens is 208 g/mol. The first kappa shape index (κ1) is 12.3. The van der Waals surface area contributed by atoms with Gasteiger partial charge in [0.2, 0.25) is 0 Å². The van der Waals surface area contributed by atoms with Crippen molar-refractivity contribution in [3.8, 4) is 5.75 Å². The van der Waals surface area contributed by atoms with Crippen molar-refractivity contribution in [2.45, 2.75) is 0 Å². The van der Waals surface area contributed by atoms with Crippen LogP contribution < -0.4 is 4.74 Å². The molecule has 0 saturated carbocycles. The van der Waals surface area contributed by atoms with E-state index in [9.17, 15) is 4.79 Å². The quantitative estimate of drug-likeness (QED) is 0.784. The van der Waals surface area contributed by atoms with Gasteiger partial charge in [0.25, 0.3) is 0 Å². The maximum Gasteiger partial charge on any atom is 0.337 e. The topological polar surface area (TPSA) is 55.8 Å². The van der Waals surface area contributed by atoms with Gasteiger partial charge in [-0.2, -0.15) is 0 Å². The lowest BCUT2D eigenvalue weighted by Crippen LogP contribution is -2.01. The zero-order valence-corrected chi connectivity index (χ0v) is 9.27. The van der Waals surface area contributed by atoms with Gasteiger partial charge in [-0.3, -0.25) is 0 Å². The van der Waals surface area contributed by atoms with Crippen LogP contribution in [0.15, 0.2) is 24.3 Å². The van der Waals surface area contributed by atoms with Gasteiger partial charge in [-0.05, 0) is 12.1 Å². The summed E-state index contributed by atoms with van der Waals surface area (Å²) in [4.78, 5) is 11.3. The van der Waals surface area contributed by atoms with Crippen LogP contribution in [0.1, 0.15) is 15.9 Å². The molecule has 0 amide bonds. The van der Waals surface area contributed by atoms with Crippen molar-refractivity contribution >= 4 is 12.0 Å². The predicted molar refractivity (Wildman–Crippen MR) is 60.5 cm³/mol. The molecule has 0 aliphatic rings. The fraction of sp³-hybridized carbons (Fsp3) is 0.250. The standard InChI is InChI=1S/C12H14O4/c1-15-11-8-10(12(14)16-2)6-5-9(11)4-3-7-13/h3-6,8,13H,7H2,1-2H3. The molecule has 1 rings (SSSR count). The molecule has 0 fully saturated rings. The normalized spacial score (nSPS) is 10.4. The molecule has 0 bridgehead atoms. The third-order valence-corrected chi connectivity index (χ3v) is 2.06. The molecule has 0 heterocycles. The van der Waals surface area contributed by atoms with Gasteiger partial charge in [0.05, 0.1) is 26.4 Å². The van der Waals surface area contributed by atoms with E-state index in [2.05, 4.69) is 4.74 Å². The highest BCUT2D eigenvalue weighted by atomic mass is 16.5. The summed E-state index contributed by atoms with van der Waals surface area (Å²) in [6.07, 6.45) is 3.32. The van der Waals surface area contributed by atoms with Crippen molar-refractivity contribution in [3.05, 3.63) is 35.4 Å². The van der Waals surface area contributed by atoms with Crippen LogP contribution >= 0.6 is 0 Å². The van der Waals surface area contributed by atoms with Gasteiger partial charge in [-0.25, -0.2) is 4.79 Å². The minimum Gasteiger partial charge on any atom is -0.496 e. The third kappa shape index (κ3) is 2.84. The van der Waals surface area contributed by atoms with E-state index >= 15 is 0 Å². The van der Waals surface area contributed by atoms with Crippen molar-refractivity contribution in [2.24, 2.45) is 0 Å². The summed E-state index contributed by atoms with van der Waals surface area (Å²) in [5, 5.41) is 8.67. The van der Waals surface area contributed by atoms with Crippen molar-refractivity contribution in [1.82, 2.24) is 0 Å². The van der Waals surface area contributed by atoms with Crippen molar-refractivity contribution in [2.75, 3.05) is 20.8 Å². The number of carbonyl (C=O) groups excluding carboxylic acids is 1. The highest BCUT2D eigenvalue weighted by Crippen LogP contribution is 2.21. The second kappa shape index (κ2) is 5.92. The Labute approximate surface area is 94.1 Å². The van der Waals surface area contributed by atoms with Crippen LogP contribution in [0.2, 0.25) is 0 Å². The monoisotopic (exact) mass is 222 g/mol. The maximum atomic E-state index is 11.3. The number of aliphatic hydroxyl groups excluding tert-OH is 1. The van der Waals surface area contributed by atoms with E-state index < -0.39 is 5.97 Å². The van der Waals surface area contributed by atoms with Gasteiger partial charge in [-0.1, -0.05) is 18.2 Å². The summed E-state index contributed by atoms with van der Waals surface area (Å²) in [6.45, 7) is -0.0398. The molecule has 0 saturated heterocycles. The Morgan fingerprint density at radius 3 is 2.75 bits per heavy atom. The minimum absolute atomic E-state index is 0.0398. The maximum absolute atomic E-state index is 11.3. The van der Waals surface area contributed by atoms with Crippen LogP contribution in [0.4, 0.5) is 0 Å². The SMILES string of the molecule is COC(=O)c1ccc(C=CCO)c(OC)c1. The van der Waals surface area contributed by atoms with Crippen LogP contribution in [-0.2, 0) is 4.74 Å².